The van der Waals surface area contributed by atoms with Gasteiger partial charge in [0.1, 0.15) is 9.88 Å². The number of ether oxygens (including phenoxy) is 1. The van der Waals surface area contributed by atoms with Gasteiger partial charge < -0.3 is 10.1 Å². The Morgan fingerprint density at radius 1 is 1.38 bits per heavy atom. The Labute approximate surface area is 123 Å². The van der Waals surface area contributed by atoms with Gasteiger partial charge >= 0.3 is 12.1 Å². The van der Waals surface area contributed by atoms with Crippen LogP contribution in [0.25, 0.3) is 0 Å². The van der Waals surface area contributed by atoms with Crippen LogP contribution in [-0.4, -0.2) is 23.5 Å². The van der Waals surface area contributed by atoms with Crippen molar-refractivity contribution in [1.82, 2.24) is 10.3 Å². The summed E-state index contributed by atoms with van der Waals surface area (Å²) in [4.78, 5) is 25.7. The lowest BCUT2D eigenvalue weighted by Crippen LogP contribution is -2.27. The van der Waals surface area contributed by atoms with Gasteiger partial charge in [0.2, 0.25) is 5.91 Å². The van der Waals surface area contributed by atoms with E-state index in [0.29, 0.717) is 11.3 Å². The van der Waals surface area contributed by atoms with Crippen molar-refractivity contribution in [2.24, 2.45) is 5.92 Å². The highest BCUT2D eigenvalue weighted by molar-refractivity contribution is 7.13. The van der Waals surface area contributed by atoms with Crippen molar-refractivity contribution in [1.29, 1.82) is 0 Å². The highest BCUT2D eigenvalue weighted by atomic mass is 32.1. The summed E-state index contributed by atoms with van der Waals surface area (Å²) in [5.41, 5.74) is -1.28. The van der Waals surface area contributed by atoms with Gasteiger partial charge in [0.05, 0.1) is 13.2 Å². The molecule has 0 aromatic carbocycles. The molecule has 0 bridgehead atoms. The molecule has 0 saturated heterocycles. The Morgan fingerprint density at radius 2 is 2.00 bits per heavy atom. The lowest BCUT2D eigenvalue weighted by atomic mass is 10.2. The number of rotatable bonds is 5. The number of nitrogens with zero attached hydrogens (tertiary/aromatic N) is 1. The molecule has 1 rings (SSSR count). The van der Waals surface area contributed by atoms with Gasteiger partial charge in [-0.2, -0.15) is 13.2 Å². The van der Waals surface area contributed by atoms with Gasteiger partial charge in [-0.3, -0.25) is 4.79 Å². The molecule has 0 unspecified atom stereocenters. The summed E-state index contributed by atoms with van der Waals surface area (Å²) in [6, 6.07) is 0. The van der Waals surface area contributed by atoms with Crippen molar-refractivity contribution < 1.29 is 27.5 Å². The lowest BCUT2D eigenvalue weighted by molar-refractivity contribution is -0.141. The van der Waals surface area contributed by atoms with Crippen molar-refractivity contribution in [3.8, 4) is 0 Å². The van der Waals surface area contributed by atoms with Crippen LogP contribution in [0.5, 0.6) is 0 Å². The smallest absolute Gasteiger partial charge is 0.435 e. The molecule has 0 fully saturated rings. The summed E-state index contributed by atoms with van der Waals surface area (Å²) >= 11 is 0.568. The fourth-order valence-corrected chi connectivity index (χ4v) is 2.25. The van der Waals surface area contributed by atoms with E-state index in [4.69, 9.17) is 0 Å². The van der Waals surface area contributed by atoms with Crippen molar-refractivity contribution in [2.75, 3.05) is 6.61 Å². The van der Waals surface area contributed by atoms with E-state index in [0.717, 1.165) is 0 Å². The number of amides is 1. The minimum Gasteiger partial charge on any atom is -0.462 e. The maximum atomic E-state index is 12.8. The predicted octanol–water partition coefficient (Wildman–Crippen LogP) is 2.61. The van der Waals surface area contributed by atoms with E-state index in [2.05, 4.69) is 15.0 Å². The Kier molecular flexibility index (Phi) is 5.70. The Hall–Kier alpha value is -1.64. The average Bonchev–Trinajstić information content (AvgIpc) is 2.80. The number of esters is 1. The first-order valence-electron chi connectivity index (χ1n) is 6.18. The number of nitrogens with one attached hydrogen (secondary N) is 1. The summed E-state index contributed by atoms with van der Waals surface area (Å²) in [6.45, 7) is 4.61. The normalized spacial score (nSPS) is 11.6. The fraction of sp³-hybridized carbons (Fsp3) is 0.583. The maximum Gasteiger partial charge on any atom is 0.435 e. The van der Waals surface area contributed by atoms with Gasteiger partial charge in [-0.25, -0.2) is 9.78 Å². The van der Waals surface area contributed by atoms with Crippen molar-refractivity contribution in [3.05, 3.63) is 15.6 Å². The van der Waals surface area contributed by atoms with E-state index in [1.807, 2.05) is 0 Å². The molecule has 0 atom stereocenters. The summed E-state index contributed by atoms with van der Waals surface area (Å²) in [5.74, 6) is -1.67. The first-order chi connectivity index (χ1) is 9.66. The lowest BCUT2D eigenvalue weighted by Gasteiger charge is -2.05. The summed E-state index contributed by atoms with van der Waals surface area (Å²) in [6.07, 6.45) is -4.75. The maximum absolute atomic E-state index is 12.8. The monoisotopic (exact) mass is 324 g/mol. The van der Waals surface area contributed by atoms with E-state index in [1.54, 1.807) is 13.8 Å². The van der Waals surface area contributed by atoms with E-state index in [9.17, 15) is 22.8 Å². The first-order valence-corrected chi connectivity index (χ1v) is 7.00. The number of hydrogen-bond acceptors (Lipinski definition) is 5. The third-order valence-corrected chi connectivity index (χ3v) is 3.37. The van der Waals surface area contributed by atoms with Gasteiger partial charge in [0.25, 0.3) is 0 Å². The van der Waals surface area contributed by atoms with Gasteiger partial charge in [-0.05, 0) is 6.92 Å². The number of halogens is 3. The van der Waals surface area contributed by atoms with Crippen molar-refractivity contribution >= 4 is 23.2 Å². The van der Waals surface area contributed by atoms with Crippen LogP contribution >= 0.6 is 11.3 Å². The van der Waals surface area contributed by atoms with Gasteiger partial charge in [-0.15, -0.1) is 11.3 Å². The van der Waals surface area contributed by atoms with E-state index in [-0.39, 0.29) is 30.0 Å². The Bertz CT molecular complexity index is 526. The molecule has 1 heterocycles. The summed E-state index contributed by atoms with van der Waals surface area (Å²) < 4.78 is 43.1. The Morgan fingerprint density at radius 3 is 2.48 bits per heavy atom. The largest absolute Gasteiger partial charge is 0.462 e. The molecule has 0 aliphatic rings. The fourth-order valence-electron chi connectivity index (χ4n) is 1.33. The number of carbonyl (C=O) groups excluding carboxylic acids is 2. The second-order valence-electron chi connectivity index (χ2n) is 4.38. The zero-order valence-electron chi connectivity index (χ0n) is 11.7. The molecule has 0 radical (unpaired) electrons. The van der Waals surface area contributed by atoms with Crippen LogP contribution in [0.15, 0.2) is 0 Å². The molecule has 21 heavy (non-hydrogen) atoms. The minimum absolute atomic E-state index is 0.000576. The highest BCUT2D eigenvalue weighted by Gasteiger charge is 2.40. The molecular formula is C12H15F3N2O3S. The molecule has 118 valence electrons. The number of alkyl halides is 3. The zero-order valence-corrected chi connectivity index (χ0v) is 12.5. The van der Waals surface area contributed by atoms with E-state index in [1.165, 1.54) is 6.92 Å². The number of thiazole rings is 1. The van der Waals surface area contributed by atoms with Gasteiger partial charge in [-0.1, -0.05) is 13.8 Å². The second kappa shape index (κ2) is 6.88. The zero-order chi connectivity index (χ0) is 16.2. The molecule has 5 nitrogen and oxygen atoms in total. The quantitative estimate of drug-likeness (QED) is 0.846. The van der Waals surface area contributed by atoms with Crippen LogP contribution in [0.1, 0.15) is 41.1 Å². The average molecular weight is 324 g/mol. The highest BCUT2D eigenvalue weighted by Crippen LogP contribution is 2.34. The third-order valence-electron chi connectivity index (χ3n) is 2.34. The van der Waals surface area contributed by atoms with Crippen LogP contribution < -0.4 is 5.32 Å². The van der Waals surface area contributed by atoms with Gasteiger partial charge in [0, 0.05) is 5.92 Å². The topological polar surface area (TPSA) is 68.3 Å². The van der Waals surface area contributed by atoms with Crippen LogP contribution in [0.4, 0.5) is 13.2 Å². The van der Waals surface area contributed by atoms with Crippen LogP contribution in [0.2, 0.25) is 0 Å². The predicted molar refractivity (Wildman–Crippen MR) is 69.8 cm³/mol. The van der Waals surface area contributed by atoms with E-state index < -0.39 is 22.7 Å². The number of hydrogen-bond donors (Lipinski definition) is 1. The second-order valence-corrected chi connectivity index (χ2v) is 5.46. The Balaban J connectivity index is 2.98. The number of carbonyl (C=O) groups is 2. The van der Waals surface area contributed by atoms with Gasteiger partial charge in [0.15, 0.2) is 5.69 Å². The molecular weight excluding hydrogens is 309 g/mol. The number of aromatic nitrogens is 1. The summed E-state index contributed by atoms with van der Waals surface area (Å²) in [5, 5.41) is 2.45. The van der Waals surface area contributed by atoms with Crippen LogP contribution in [0, 0.1) is 5.92 Å². The summed E-state index contributed by atoms with van der Waals surface area (Å²) in [7, 11) is 0. The van der Waals surface area contributed by atoms with Crippen molar-refractivity contribution in [3.63, 3.8) is 0 Å². The molecule has 1 aromatic heterocycles. The van der Waals surface area contributed by atoms with Crippen molar-refractivity contribution in [2.45, 2.75) is 33.5 Å². The SMILES string of the molecule is CCOC(=O)c1sc(CNC(=O)C(C)C)nc1C(F)(F)F. The van der Waals surface area contributed by atoms with E-state index >= 15 is 0 Å². The molecule has 1 amide bonds. The molecule has 1 aromatic rings. The standard InChI is InChI=1S/C12H15F3N2O3S/c1-4-20-11(19)8-9(12(13,14)15)17-7(21-8)5-16-10(18)6(2)3/h6H,4-5H2,1-3H3,(H,16,18). The molecule has 0 aliphatic carbocycles. The molecule has 9 heteroatoms. The molecule has 1 N–H and O–H groups in total. The first kappa shape index (κ1) is 17.4. The van der Waals surface area contributed by atoms with Crippen LogP contribution in [-0.2, 0) is 22.3 Å². The third kappa shape index (κ3) is 4.69. The minimum atomic E-state index is -4.75. The molecule has 0 spiro atoms. The van der Waals surface area contributed by atoms with Crippen LogP contribution in [0.3, 0.4) is 0 Å². The molecule has 0 aliphatic heterocycles. The molecule has 0 saturated carbocycles.